The number of rotatable bonds is 2. The zero-order valence-corrected chi connectivity index (χ0v) is 9.93. The lowest BCUT2D eigenvalue weighted by Crippen LogP contribution is -2.29. The molecule has 5 nitrogen and oxygen atoms in total. The number of nitrogens with zero attached hydrogens (tertiary/aromatic N) is 2. The maximum Gasteiger partial charge on any atom is 0.335 e. The Morgan fingerprint density at radius 1 is 1.28 bits per heavy atom. The van der Waals surface area contributed by atoms with E-state index in [1.54, 1.807) is 12.1 Å². The van der Waals surface area contributed by atoms with Crippen molar-refractivity contribution in [2.24, 2.45) is 0 Å². The fraction of sp³-hybridized carbons (Fsp3) is 0.385. The molecule has 0 radical (unpaired) electrons. The molecular formula is C13H14N2O3. The van der Waals surface area contributed by atoms with Crippen LogP contribution >= 0.6 is 0 Å². The summed E-state index contributed by atoms with van der Waals surface area (Å²) in [5.41, 5.74) is 1.48. The number of oxazole rings is 1. The maximum atomic E-state index is 10.9. The highest BCUT2D eigenvalue weighted by atomic mass is 16.4. The number of aromatic carboxylic acids is 1. The van der Waals surface area contributed by atoms with Crippen molar-refractivity contribution in [3.63, 3.8) is 0 Å². The van der Waals surface area contributed by atoms with Crippen LogP contribution in [-0.2, 0) is 0 Å². The third-order valence-electron chi connectivity index (χ3n) is 3.25. The van der Waals surface area contributed by atoms with E-state index in [0.717, 1.165) is 25.9 Å². The molecule has 1 fully saturated rings. The summed E-state index contributed by atoms with van der Waals surface area (Å²) in [4.78, 5) is 17.4. The van der Waals surface area contributed by atoms with Crippen LogP contribution in [0.4, 0.5) is 6.01 Å². The molecule has 0 aliphatic carbocycles. The van der Waals surface area contributed by atoms with E-state index in [4.69, 9.17) is 9.52 Å². The minimum Gasteiger partial charge on any atom is -0.478 e. The molecule has 1 aromatic heterocycles. The Morgan fingerprint density at radius 2 is 2.06 bits per heavy atom. The Bertz CT molecular complexity index is 585. The van der Waals surface area contributed by atoms with Crippen molar-refractivity contribution in [2.45, 2.75) is 19.3 Å². The molecule has 2 heterocycles. The summed E-state index contributed by atoms with van der Waals surface area (Å²) in [6.07, 6.45) is 3.55. The quantitative estimate of drug-likeness (QED) is 0.881. The summed E-state index contributed by atoms with van der Waals surface area (Å²) in [6.45, 7) is 1.91. The molecule has 0 spiro atoms. The van der Waals surface area contributed by atoms with E-state index in [1.807, 2.05) is 0 Å². The molecule has 1 aliphatic rings. The molecule has 2 aromatic rings. The normalized spacial score (nSPS) is 16.1. The Balaban J connectivity index is 1.97. The summed E-state index contributed by atoms with van der Waals surface area (Å²) in [6, 6.07) is 5.36. The van der Waals surface area contributed by atoms with Crippen LogP contribution in [0.2, 0.25) is 0 Å². The van der Waals surface area contributed by atoms with E-state index in [-0.39, 0.29) is 5.56 Å². The fourth-order valence-electron chi connectivity index (χ4n) is 2.27. The van der Waals surface area contributed by atoms with Gasteiger partial charge >= 0.3 is 5.97 Å². The van der Waals surface area contributed by atoms with E-state index >= 15 is 0 Å². The van der Waals surface area contributed by atoms with Crippen molar-refractivity contribution in [2.75, 3.05) is 18.0 Å². The van der Waals surface area contributed by atoms with E-state index in [9.17, 15) is 4.79 Å². The van der Waals surface area contributed by atoms with E-state index in [0.29, 0.717) is 17.1 Å². The average molecular weight is 246 g/mol. The van der Waals surface area contributed by atoms with Gasteiger partial charge in [-0.3, -0.25) is 0 Å². The SMILES string of the molecule is O=C(O)c1ccc2oc(N3CCCCC3)nc2c1. The number of fused-ring (bicyclic) bond motifs is 1. The first kappa shape index (κ1) is 11.1. The van der Waals surface area contributed by atoms with Crippen molar-refractivity contribution in [1.82, 2.24) is 4.98 Å². The van der Waals surface area contributed by atoms with Gasteiger partial charge in [-0.25, -0.2) is 4.79 Å². The topological polar surface area (TPSA) is 66.6 Å². The van der Waals surface area contributed by atoms with Gasteiger partial charge in [0.05, 0.1) is 5.56 Å². The summed E-state index contributed by atoms with van der Waals surface area (Å²) < 4.78 is 5.66. The molecule has 1 aliphatic heterocycles. The van der Waals surface area contributed by atoms with Crippen molar-refractivity contribution < 1.29 is 14.3 Å². The lowest BCUT2D eigenvalue weighted by atomic mass is 10.1. The van der Waals surface area contributed by atoms with Crippen LogP contribution in [-0.4, -0.2) is 29.1 Å². The van der Waals surface area contributed by atoms with Gasteiger partial charge in [0.15, 0.2) is 5.58 Å². The summed E-state index contributed by atoms with van der Waals surface area (Å²) in [7, 11) is 0. The van der Waals surface area contributed by atoms with Crippen LogP contribution in [0.3, 0.4) is 0 Å². The van der Waals surface area contributed by atoms with Crippen LogP contribution in [0.25, 0.3) is 11.1 Å². The Morgan fingerprint density at radius 3 is 2.78 bits per heavy atom. The molecule has 1 aromatic carbocycles. The molecule has 94 valence electrons. The van der Waals surface area contributed by atoms with Crippen LogP contribution in [0.5, 0.6) is 0 Å². The van der Waals surface area contributed by atoms with Gasteiger partial charge in [0.2, 0.25) is 0 Å². The van der Waals surface area contributed by atoms with E-state index < -0.39 is 5.97 Å². The van der Waals surface area contributed by atoms with Crippen LogP contribution < -0.4 is 4.90 Å². The number of hydrogen-bond donors (Lipinski definition) is 1. The van der Waals surface area contributed by atoms with Crippen molar-refractivity contribution >= 4 is 23.1 Å². The molecule has 0 amide bonds. The lowest BCUT2D eigenvalue weighted by Gasteiger charge is -2.24. The number of benzene rings is 1. The predicted octanol–water partition coefficient (Wildman–Crippen LogP) is 2.52. The summed E-state index contributed by atoms with van der Waals surface area (Å²) in [5, 5.41) is 8.93. The summed E-state index contributed by atoms with van der Waals surface area (Å²) >= 11 is 0. The second-order valence-corrected chi connectivity index (χ2v) is 4.53. The molecule has 0 atom stereocenters. The third kappa shape index (κ3) is 1.92. The molecular weight excluding hydrogens is 232 g/mol. The second-order valence-electron chi connectivity index (χ2n) is 4.53. The Hall–Kier alpha value is -2.04. The number of aromatic nitrogens is 1. The first-order valence-electron chi connectivity index (χ1n) is 6.13. The monoisotopic (exact) mass is 246 g/mol. The molecule has 1 saturated heterocycles. The largest absolute Gasteiger partial charge is 0.478 e. The minimum absolute atomic E-state index is 0.237. The standard InChI is InChI=1S/C13H14N2O3/c16-12(17)9-4-5-11-10(8-9)14-13(18-11)15-6-2-1-3-7-15/h4-5,8H,1-3,6-7H2,(H,16,17). The van der Waals surface area contributed by atoms with Gasteiger partial charge in [0.25, 0.3) is 6.01 Å². The van der Waals surface area contributed by atoms with Gasteiger partial charge in [0, 0.05) is 13.1 Å². The van der Waals surface area contributed by atoms with Crippen molar-refractivity contribution in [3.8, 4) is 0 Å². The van der Waals surface area contributed by atoms with Gasteiger partial charge in [0.1, 0.15) is 5.52 Å². The number of anilines is 1. The number of piperidine rings is 1. The Kier molecular flexibility index (Phi) is 2.66. The van der Waals surface area contributed by atoms with Gasteiger partial charge < -0.3 is 14.4 Å². The molecule has 0 saturated carbocycles. The minimum atomic E-state index is -0.945. The van der Waals surface area contributed by atoms with E-state index in [1.165, 1.54) is 12.5 Å². The third-order valence-corrected chi connectivity index (χ3v) is 3.25. The first-order valence-corrected chi connectivity index (χ1v) is 6.13. The Labute approximate surface area is 104 Å². The predicted molar refractivity (Wildman–Crippen MR) is 67.0 cm³/mol. The molecule has 3 rings (SSSR count). The number of hydrogen-bond acceptors (Lipinski definition) is 4. The highest BCUT2D eigenvalue weighted by molar-refractivity contribution is 5.92. The van der Waals surface area contributed by atoms with Crippen LogP contribution in [0.1, 0.15) is 29.6 Å². The van der Waals surface area contributed by atoms with Crippen molar-refractivity contribution in [1.29, 1.82) is 0 Å². The van der Waals surface area contributed by atoms with Gasteiger partial charge in [-0.1, -0.05) is 0 Å². The van der Waals surface area contributed by atoms with Gasteiger partial charge in [-0.2, -0.15) is 4.98 Å². The smallest absolute Gasteiger partial charge is 0.335 e. The molecule has 5 heteroatoms. The van der Waals surface area contributed by atoms with Gasteiger partial charge in [-0.05, 0) is 37.5 Å². The first-order chi connectivity index (χ1) is 8.74. The van der Waals surface area contributed by atoms with Crippen LogP contribution in [0.15, 0.2) is 22.6 Å². The van der Waals surface area contributed by atoms with E-state index in [2.05, 4.69) is 9.88 Å². The zero-order valence-electron chi connectivity index (χ0n) is 9.93. The molecule has 18 heavy (non-hydrogen) atoms. The highest BCUT2D eigenvalue weighted by Crippen LogP contribution is 2.25. The molecule has 0 bridgehead atoms. The van der Waals surface area contributed by atoms with Crippen LogP contribution in [0, 0.1) is 0 Å². The summed E-state index contributed by atoms with van der Waals surface area (Å²) in [5.74, 6) is -0.945. The maximum absolute atomic E-state index is 10.9. The number of carbonyl (C=O) groups is 1. The zero-order chi connectivity index (χ0) is 12.5. The fourth-order valence-corrected chi connectivity index (χ4v) is 2.27. The molecule has 0 unspecified atom stereocenters. The lowest BCUT2D eigenvalue weighted by molar-refractivity contribution is 0.0697. The highest BCUT2D eigenvalue weighted by Gasteiger charge is 2.17. The second kappa shape index (κ2) is 4.33. The molecule has 1 N–H and O–H groups in total. The van der Waals surface area contributed by atoms with Crippen molar-refractivity contribution in [3.05, 3.63) is 23.8 Å². The average Bonchev–Trinajstić information content (AvgIpc) is 2.82. The number of carboxylic acids is 1. The number of carboxylic acid groups (broad SMARTS) is 1. The van der Waals surface area contributed by atoms with Gasteiger partial charge in [-0.15, -0.1) is 0 Å².